The molecule has 1 heterocycles. The number of anilines is 1. The number of hydrogen-bond donors (Lipinski definition) is 1. The van der Waals surface area contributed by atoms with E-state index in [1.165, 1.54) is 54.6 Å². The molecule has 4 aromatic carbocycles. The maximum atomic E-state index is 13.5. The van der Waals surface area contributed by atoms with Crippen LogP contribution in [0.1, 0.15) is 21.5 Å². The predicted octanol–water partition coefficient (Wildman–Crippen LogP) is 7.56. The molecule has 1 aliphatic rings. The second kappa shape index (κ2) is 13.1. The molecular weight excluding hydrogens is 638 g/mol. The number of carbonyl (C=O) groups excluding carboxylic acids is 1. The van der Waals surface area contributed by atoms with Crippen molar-refractivity contribution in [1.29, 1.82) is 0 Å². The van der Waals surface area contributed by atoms with E-state index in [1.54, 1.807) is 29.2 Å². The number of ether oxygens (including phenoxy) is 1. The zero-order valence-corrected chi connectivity index (χ0v) is 25.3. The van der Waals surface area contributed by atoms with Crippen LogP contribution in [0.5, 0.6) is 11.5 Å². The first-order chi connectivity index (χ1) is 20.9. The molecule has 1 N–H and O–H groups in total. The van der Waals surface area contributed by atoms with E-state index in [4.69, 9.17) is 27.9 Å². The van der Waals surface area contributed by atoms with Gasteiger partial charge in [-0.15, -0.1) is 0 Å². The lowest BCUT2D eigenvalue weighted by molar-refractivity contribution is -0.137. The number of rotatable bonds is 8. The van der Waals surface area contributed by atoms with Crippen molar-refractivity contribution >= 4 is 44.8 Å². The second-order valence-corrected chi connectivity index (χ2v) is 12.6. The Labute approximate surface area is 262 Å². The SMILES string of the molecule is O=C(c1cc(Cl)ccc1NS(=O)(=O)c1ccc(Oc2ccccc2Cl)cc1)N1CCN(Cc2ccc(C(F)(F)F)cc2)CC1. The van der Waals surface area contributed by atoms with Crippen LogP contribution in [0.15, 0.2) is 95.9 Å². The highest BCUT2D eigenvalue weighted by atomic mass is 35.5. The minimum absolute atomic E-state index is 0.0470. The maximum absolute atomic E-state index is 13.5. The summed E-state index contributed by atoms with van der Waals surface area (Å²) in [5.74, 6) is 0.410. The lowest BCUT2D eigenvalue weighted by Crippen LogP contribution is -2.48. The Bertz CT molecular complexity index is 1740. The van der Waals surface area contributed by atoms with Crippen molar-refractivity contribution < 1.29 is 31.1 Å². The first kappa shape index (κ1) is 31.6. The van der Waals surface area contributed by atoms with Crippen LogP contribution in [-0.2, 0) is 22.7 Å². The Morgan fingerprint density at radius 3 is 2.16 bits per heavy atom. The van der Waals surface area contributed by atoms with Gasteiger partial charge in [0.1, 0.15) is 11.5 Å². The number of para-hydroxylation sites is 1. The average molecular weight is 665 g/mol. The smallest absolute Gasteiger partial charge is 0.416 e. The summed E-state index contributed by atoms with van der Waals surface area (Å²) in [7, 11) is -4.09. The molecule has 230 valence electrons. The van der Waals surface area contributed by atoms with Crippen molar-refractivity contribution in [1.82, 2.24) is 9.80 Å². The van der Waals surface area contributed by atoms with E-state index in [0.717, 1.165) is 17.7 Å². The molecule has 1 fully saturated rings. The molecule has 1 saturated heterocycles. The lowest BCUT2D eigenvalue weighted by Gasteiger charge is -2.35. The molecule has 0 spiro atoms. The largest absolute Gasteiger partial charge is 0.456 e. The number of alkyl halides is 3. The molecule has 4 aromatic rings. The first-order valence-corrected chi connectivity index (χ1v) is 15.7. The van der Waals surface area contributed by atoms with Crippen LogP contribution in [0.4, 0.5) is 18.9 Å². The summed E-state index contributed by atoms with van der Waals surface area (Å²) < 4.78 is 73.3. The van der Waals surface area contributed by atoms with Crippen LogP contribution in [0.25, 0.3) is 0 Å². The average Bonchev–Trinajstić information content (AvgIpc) is 2.99. The summed E-state index contributed by atoms with van der Waals surface area (Å²) in [6.07, 6.45) is -4.39. The first-order valence-electron chi connectivity index (χ1n) is 13.4. The summed E-state index contributed by atoms with van der Waals surface area (Å²) in [5.41, 5.74) is 0.191. The minimum atomic E-state index is -4.39. The van der Waals surface area contributed by atoms with Gasteiger partial charge in [-0.05, 0) is 72.3 Å². The van der Waals surface area contributed by atoms with Crippen molar-refractivity contribution in [2.24, 2.45) is 0 Å². The van der Waals surface area contributed by atoms with Crippen molar-refractivity contribution in [2.75, 3.05) is 30.9 Å². The van der Waals surface area contributed by atoms with Crippen LogP contribution >= 0.6 is 23.2 Å². The van der Waals surface area contributed by atoms with Crippen molar-refractivity contribution in [2.45, 2.75) is 17.6 Å². The van der Waals surface area contributed by atoms with Gasteiger partial charge in [0.25, 0.3) is 15.9 Å². The predicted molar refractivity (Wildman–Crippen MR) is 163 cm³/mol. The molecule has 44 heavy (non-hydrogen) atoms. The third-order valence-electron chi connectivity index (χ3n) is 7.00. The standard InChI is InChI=1S/C31H26Cl2F3N3O4S/c32-23-9-14-28(37-44(41,42)25-12-10-24(11-13-25)43-29-4-2-1-3-27(29)33)26(19-23)30(40)39-17-15-38(16-18-39)20-21-5-7-22(8-6-21)31(34,35)36/h1-14,19,37H,15-18,20H2. The summed E-state index contributed by atoms with van der Waals surface area (Å²) in [6, 6.07) is 22.0. The molecule has 0 atom stereocenters. The molecule has 0 bridgehead atoms. The van der Waals surface area contributed by atoms with Gasteiger partial charge >= 0.3 is 6.18 Å². The third kappa shape index (κ3) is 7.65. The summed E-state index contributed by atoms with van der Waals surface area (Å²) in [5, 5.41) is 0.671. The highest BCUT2D eigenvalue weighted by Gasteiger charge is 2.30. The Kier molecular flexibility index (Phi) is 9.40. The minimum Gasteiger partial charge on any atom is -0.456 e. The van der Waals surface area contributed by atoms with Gasteiger partial charge in [-0.3, -0.25) is 14.4 Å². The van der Waals surface area contributed by atoms with Crippen molar-refractivity contribution in [3.63, 3.8) is 0 Å². The zero-order chi connectivity index (χ0) is 31.5. The fraction of sp³-hybridized carbons (Fsp3) is 0.194. The van der Waals surface area contributed by atoms with E-state index in [2.05, 4.69) is 4.72 Å². The summed E-state index contributed by atoms with van der Waals surface area (Å²) in [6.45, 7) is 2.08. The van der Waals surface area contributed by atoms with E-state index in [9.17, 15) is 26.4 Å². The number of benzene rings is 4. The number of piperazine rings is 1. The van der Waals surface area contributed by atoms with E-state index in [0.29, 0.717) is 49.2 Å². The molecule has 1 amide bonds. The Hall–Kier alpha value is -3.77. The number of nitrogens with one attached hydrogen (secondary N) is 1. The number of sulfonamides is 1. The van der Waals surface area contributed by atoms with Crippen LogP contribution < -0.4 is 9.46 Å². The summed E-state index contributed by atoms with van der Waals surface area (Å²) in [4.78, 5) is 17.1. The topological polar surface area (TPSA) is 78.9 Å². The molecule has 13 heteroatoms. The van der Waals surface area contributed by atoms with Gasteiger partial charge in [-0.2, -0.15) is 13.2 Å². The molecule has 0 aliphatic carbocycles. The highest BCUT2D eigenvalue weighted by Crippen LogP contribution is 2.31. The number of carbonyl (C=O) groups is 1. The monoisotopic (exact) mass is 663 g/mol. The van der Waals surface area contributed by atoms with Gasteiger partial charge in [0.05, 0.1) is 26.7 Å². The molecular formula is C31H26Cl2F3N3O4S. The van der Waals surface area contributed by atoms with Gasteiger partial charge < -0.3 is 9.64 Å². The van der Waals surface area contributed by atoms with Crippen molar-refractivity contribution in [3.05, 3.63) is 118 Å². The fourth-order valence-corrected chi connectivity index (χ4v) is 6.09. The second-order valence-electron chi connectivity index (χ2n) is 10.1. The Balaban J connectivity index is 1.24. The van der Waals surface area contributed by atoms with E-state index in [-0.39, 0.29) is 21.2 Å². The molecule has 0 radical (unpaired) electrons. The molecule has 7 nitrogen and oxygen atoms in total. The zero-order valence-electron chi connectivity index (χ0n) is 23.0. The van der Waals surface area contributed by atoms with Crippen LogP contribution in [0.3, 0.4) is 0 Å². The highest BCUT2D eigenvalue weighted by molar-refractivity contribution is 7.92. The molecule has 5 rings (SSSR count). The Morgan fingerprint density at radius 1 is 0.864 bits per heavy atom. The van der Waals surface area contributed by atoms with Crippen LogP contribution in [0.2, 0.25) is 10.0 Å². The number of hydrogen-bond acceptors (Lipinski definition) is 5. The normalized spacial score (nSPS) is 14.3. The van der Waals surface area contributed by atoms with Crippen LogP contribution in [0, 0.1) is 0 Å². The summed E-state index contributed by atoms with van der Waals surface area (Å²) >= 11 is 12.3. The van der Waals surface area contributed by atoms with E-state index < -0.39 is 27.7 Å². The van der Waals surface area contributed by atoms with E-state index in [1.807, 2.05) is 4.90 Å². The number of nitrogens with zero attached hydrogens (tertiary/aromatic N) is 2. The lowest BCUT2D eigenvalue weighted by atomic mass is 10.1. The third-order valence-corrected chi connectivity index (χ3v) is 8.93. The molecule has 0 aromatic heterocycles. The number of halogens is 5. The van der Waals surface area contributed by atoms with Gasteiger partial charge in [0.15, 0.2) is 0 Å². The van der Waals surface area contributed by atoms with Crippen molar-refractivity contribution in [3.8, 4) is 11.5 Å². The van der Waals surface area contributed by atoms with Gasteiger partial charge in [0, 0.05) is 37.7 Å². The molecule has 0 unspecified atom stereocenters. The maximum Gasteiger partial charge on any atom is 0.416 e. The Morgan fingerprint density at radius 2 is 1.52 bits per heavy atom. The van der Waals surface area contributed by atoms with Gasteiger partial charge in [-0.25, -0.2) is 8.42 Å². The number of amides is 1. The van der Waals surface area contributed by atoms with Gasteiger partial charge in [0.2, 0.25) is 0 Å². The fourth-order valence-electron chi connectivity index (χ4n) is 4.66. The van der Waals surface area contributed by atoms with Crippen LogP contribution in [-0.4, -0.2) is 50.3 Å². The molecule has 1 aliphatic heterocycles. The van der Waals surface area contributed by atoms with E-state index >= 15 is 0 Å². The quantitative estimate of drug-likeness (QED) is 0.210. The molecule has 0 saturated carbocycles. The van der Waals surface area contributed by atoms with Gasteiger partial charge in [-0.1, -0.05) is 47.5 Å².